The van der Waals surface area contributed by atoms with Crippen LogP contribution in [0.1, 0.15) is 54.6 Å². The molecule has 0 aromatic heterocycles. The fourth-order valence-corrected chi connectivity index (χ4v) is 3.82. The molecule has 1 amide bonds. The summed E-state index contributed by atoms with van der Waals surface area (Å²) < 4.78 is 5.63. The summed E-state index contributed by atoms with van der Waals surface area (Å²) in [7, 11) is 0. The first-order valence-electron chi connectivity index (χ1n) is 10.8. The molecule has 1 N–H and O–H groups in total. The maximum Gasteiger partial charge on any atom is 0.295 e. The summed E-state index contributed by atoms with van der Waals surface area (Å²) in [6.07, 6.45) is 0.917. The number of aliphatic hydroxyl groups excluding tert-OH is 1. The topological polar surface area (TPSA) is 66.8 Å². The normalized spacial score (nSPS) is 18.3. The number of ketones is 1. The standard InChI is InChI=1S/C26H31NO4/c1-6-19-8-11-20(12-9-19)23-22(24(28)21-10-7-17(4)18(5)15-21)25(29)26(30)27(23)13-14-31-16(2)3/h7-12,15-16,23,28H,6,13-14H2,1-5H3/b24-22-. The van der Waals surface area contributed by atoms with Gasteiger partial charge in [-0.15, -0.1) is 0 Å². The highest BCUT2D eigenvalue weighted by molar-refractivity contribution is 6.46. The van der Waals surface area contributed by atoms with Crippen LogP contribution in [0.25, 0.3) is 5.76 Å². The lowest BCUT2D eigenvalue weighted by atomic mass is 9.93. The van der Waals surface area contributed by atoms with Gasteiger partial charge in [0.25, 0.3) is 11.7 Å². The predicted octanol–water partition coefficient (Wildman–Crippen LogP) is 4.71. The van der Waals surface area contributed by atoms with Crippen LogP contribution in [0.2, 0.25) is 0 Å². The van der Waals surface area contributed by atoms with Gasteiger partial charge in [0.05, 0.1) is 24.3 Å². The molecule has 0 bridgehead atoms. The fraction of sp³-hybridized carbons (Fsp3) is 0.385. The van der Waals surface area contributed by atoms with Crippen molar-refractivity contribution in [1.29, 1.82) is 0 Å². The van der Waals surface area contributed by atoms with Gasteiger partial charge in [-0.1, -0.05) is 43.3 Å². The molecule has 1 aliphatic rings. The number of hydrogen-bond donors (Lipinski definition) is 1. The zero-order chi connectivity index (χ0) is 22.7. The molecule has 2 aromatic rings. The van der Waals surface area contributed by atoms with Crippen molar-refractivity contribution in [3.63, 3.8) is 0 Å². The monoisotopic (exact) mass is 421 g/mol. The quantitative estimate of drug-likeness (QED) is 0.399. The number of likely N-dealkylation sites (tertiary alicyclic amines) is 1. The summed E-state index contributed by atoms with van der Waals surface area (Å²) >= 11 is 0. The second kappa shape index (κ2) is 9.48. The van der Waals surface area contributed by atoms with Crippen LogP contribution < -0.4 is 0 Å². The first-order chi connectivity index (χ1) is 14.7. The Morgan fingerprint density at radius 3 is 2.32 bits per heavy atom. The van der Waals surface area contributed by atoms with Crippen molar-refractivity contribution >= 4 is 17.4 Å². The summed E-state index contributed by atoms with van der Waals surface area (Å²) in [6, 6.07) is 12.7. The summed E-state index contributed by atoms with van der Waals surface area (Å²) in [4.78, 5) is 27.5. The van der Waals surface area contributed by atoms with Gasteiger partial charge in [-0.25, -0.2) is 0 Å². The van der Waals surface area contributed by atoms with Crippen LogP contribution in [0.15, 0.2) is 48.0 Å². The summed E-state index contributed by atoms with van der Waals surface area (Å²) in [5.74, 6) is -1.41. The number of hydrogen-bond acceptors (Lipinski definition) is 4. The Morgan fingerprint density at radius 2 is 1.74 bits per heavy atom. The Kier molecular flexibility index (Phi) is 6.96. The average Bonchev–Trinajstić information content (AvgIpc) is 3.00. The molecule has 1 fully saturated rings. The molecule has 1 atom stereocenters. The molecule has 164 valence electrons. The number of amides is 1. The van der Waals surface area contributed by atoms with Crippen molar-refractivity contribution in [3.8, 4) is 0 Å². The number of ether oxygens (including phenoxy) is 1. The number of carbonyl (C=O) groups is 2. The molecule has 1 heterocycles. The maximum absolute atomic E-state index is 13.0. The molecule has 3 rings (SSSR count). The summed E-state index contributed by atoms with van der Waals surface area (Å²) in [6.45, 7) is 10.5. The molecular formula is C26H31NO4. The third kappa shape index (κ3) is 4.72. The van der Waals surface area contributed by atoms with E-state index in [1.54, 1.807) is 6.07 Å². The van der Waals surface area contributed by atoms with Crippen LogP contribution in [0, 0.1) is 13.8 Å². The van der Waals surface area contributed by atoms with Crippen LogP contribution in [-0.2, 0) is 20.7 Å². The van der Waals surface area contributed by atoms with Gasteiger partial charge in [-0.3, -0.25) is 9.59 Å². The van der Waals surface area contributed by atoms with Crippen molar-refractivity contribution in [3.05, 3.63) is 75.9 Å². The minimum absolute atomic E-state index is 0.0228. The van der Waals surface area contributed by atoms with Crippen molar-refractivity contribution in [1.82, 2.24) is 4.90 Å². The maximum atomic E-state index is 13.0. The van der Waals surface area contributed by atoms with Gasteiger partial charge in [0.15, 0.2) is 0 Å². The summed E-state index contributed by atoms with van der Waals surface area (Å²) in [5.41, 5.74) is 4.73. The van der Waals surface area contributed by atoms with Crippen LogP contribution in [0.4, 0.5) is 0 Å². The molecule has 2 aromatic carbocycles. The van der Waals surface area contributed by atoms with Crippen LogP contribution in [0.5, 0.6) is 0 Å². The lowest BCUT2D eigenvalue weighted by Gasteiger charge is -2.26. The number of nitrogens with zero attached hydrogens (tertiary/aromatic N) is 1. The highest BCUT2D eigenvalue weighted by Crippen LogP contribution is 2.39. The molecule has 0 radical (unpaired) electrons. The largest absolute Gasteiger partial charge is 0.507 e. The Balaban J connectivity index is 2.10. The van der Waals surface area contributed by atoms with Crippen LogP contribution >= 0.6 is 0 Å². The third-order valence-corrected chi connectivity index (χ3v) is 5.81. The van der Waals surface area contributed by atoms with Gasteiger partial charge in [-0.2, -0.15) is 0 Å². The summed E-state index contributed by atoms with van der Waals surface area (Å²) in [5, 5.41) is 11.1. The molecule has 0 aliphatic carbocycles. The van der Waals surface area contributed by atoms with E-state index in [2.05, 4.69) is 6.92 Å². The molecule has 1 saturated heterocycles. The second-order valence-electron chi connectivity index (χ2n) is 8.31. The highest BCUT2D eigenvalue weighted by atomic mass is 16.5. The number of rotatable bonds is 7. The SMILES string of the molecule is CCc1ccc(C2/C(=C(/O)c3ccc(C)c(C)c3)C(=O)C(=O)N2CCOC(C)C)cc1. The van der Waals surface area contributed by atoms with E-state index in [1.165, 1.54) is 4.90 Å². The lowest BCUT2D eigenvalue weighted by molar-refractivity contribution is -0.140. The third-order valence-electron chi connectivity index (χ3n) is 5.81. The van der Waals surface area contributed by atoms with E-state index in [9.17, 15) is 14.7 Å². The molecule has 31 heavy (non-hydrogen) atoms. The molecule has 1 unspecified atom stereocenters. The molecule has 5 heteroatoms. The number of carbonyl (C=O) groups excluding carboxylic acids is 2. The van der Waals surface area contributed by atoms with E-state index < -0.39 is 17.7 Å². The van der Waals surface area contributed by atoms with Crippen molar-refractivity contribution in [2.75, 3.05) is 13.2 Å². The Hall–Kier alpha value is -2.92. The van der Waals surface area contributed by atoms with Gasteiger partial charge >= 0.3 is 0 Å². The molecule has 5 nitrogen and oxygen atoms in total. The number of benzene rings is 2. The molecule has 1 aliphatic heterocycles. The van der Waals surface area contributed by atoms with Gasteiger partial charge in [0.2, 0.25) is 0 Å². The lowest BCUT2D eigenvalue weighted by Crippen LogP contribution is -2.33. The smallest absolute Gasteiger partial charge is 0.295 e. The average molecular weight is 422 g/mol. The van der Waals surface area contributed by atoms with E-state index in [1.807, 2.05) is 64.1 Å². The van der Waals surface area contributed by atoms with E-state index in [0.29, 0.717) is 12.2 Å². The van der Waals surface area contributed by atoms with E-state index >= 15 is 0 Å². The van der Waals surface area contributed by atoms with Gasteiger partial charge < -0.3 is 14.7 Å². The fourth-order valence-electron chi connectivity index (χ4n) is 3.82. The number of aryl methyl sites for hydroxylation is 3. The Bertz CT molecular complexity index is 1000. The molecule has 0 spiro atoms. The van der Waals surface area contributed by atoms with Crippen LogP contribution in [-0.4, -0.2) is 41.0 Å². The van der Waals surface area contributed by atoms with Gasteiger partial charge in [0.1, 0.15) is 5.76 Å². The second-order valence-corrected chi connectivity index (χ2v) is 8.31. The highest BCUT2D eigenvalue weighted by Gasteiger charge is 2.45. The Labute approximate surface area is 184 Å². The number of aliphatic hydroxyl groups is 1. The predicted molar refractivity (Wildman–Crippen MR) is 122 cm³/mol. The number of Topliss-reactive ketones (excluding diaryl/α,β-unsaturated/α-hetero) is 1. The zero-order valence-electron chi connectivity index (χ0n) is 18.9. The minimum Gasteiger partial charge on any atom is -0.507 e. The van der Waals surface area contributed by atoms with Crippen molar-refractivity contribution in [2.24, 2.45) is 0 Å². The zero-order valence-corrected chi connectivity index (χ0v) is 18.9. The van der Waals surface area contributed by atoms with Crippen molar-refractivity contribution < 1.29 is 19.4 Å². The Morgan fingerprint density at radius 1 is 1.06 bits per heavy atom. The van der Waals surface area contributed by atoms with E-state index in [0.717, 1.165) is 28.7 Å². The molecular weight excluding hydrogens is 390 g/mol. The van der Waals surface area contributed by atoms with E-state index in [-0.39, 0.29) is 24.0 Å². The van der Waals surface area contributed by atoms with Gasteiger partial charge in [-0.05, 0) is 62.4 Å². The van der Waals surface area contributed by atoms with E-state index in [4.69, 9.17) is 4.74 Å². The van der Waals surface area contributed by atoms with Crippen LogP contribution in [0.3, 0.4) is 0 Å². The van der Waals surface area contributed by atoms with Crippen molar-refractivity contribution in [2.45, 2.75) is 53.2 Å². The molecule has 0 saturated carbocycles. The minimum atomic E-state index is -0.662. The first-order valence-corrected chi connectivity index (χ1v) is 10.8. The van der Waals surface area contributed by atoms with Gasteiger partial charge in [0, 0.05) is 12.1 Å². The first kappa shape index (κ1) is 22.8.